The molecule has 1 fully saturated rings. The summed E-state index contributed by atoms with van der Waals surface area (Å²) in [6, 6.07) is 6.71. The maximum Gasteiger partial charge on any atom is 0.258 e. The standard InChI is InChI=1S/C22H25N5O4S2/c1-15-11-17-12-16(3-4-19(17)27(15)33(2,30)31)21(29)25-7-5-24(6-8-25)14-18-13-20(28)26-9-10-32-22(26)23-18/h3-4,9-10,12-13,15H,5-8,11,14H2,1-2H3. The molecule has 3 aromatic rings. The Morgan fingerprint density at radius 1 is 1.18 bits per heavy atom. The predicted molar refractivity (Wildman–Crippen MR) is 127 cm³/mol. The van der Waals surface area contributed by atoms with Crippen molar-refractivity contribution in [1.29, 1.82) is 0 Å². The normalized spacial score (nSPS) is 19.3. The number of thiazole rings is 1. The van der Waals surface area contributed by atoms with Crippen molar-refractivity contribution >= 4 is 37.9 Å². The Kier molecular flexibility index (Phi) is 5.50. The Bertz CT molecular complexity index is 1390. The van der Waals surface area contributed by atoms with Gasteiger partial charge in [0.05, 0.1) is 17.6 Å². The number of nitrogens with zero attached hydrogens (tertiary/aromatic N) is 5. The van der Waals surface area contributed by atoms with Crippen LogP contribution in [0.15, 0.2) is 40.6 Å². The molecule has 174 valence electrons. The van der Waals surface area contributed by atoms with Gasteiger partial charge in [0.25, 0.3) is 11.5 Å². The first kappa shape index (κ1) is 22.1. The smallest absolute Gasteiger partial charge is 0.258 e. The average molecular weight is 488 g/mol. The lowest BCUT2D eigenvalue weighted by atomic mass is 10.1. The summed E-state index contributed by atoms with van der Waals surface area (Å²) >= 11 is 1.43. The van der Waals surface area contributed by atoms with E-state index < -0.39 is 10.0 Å². The summed E-state index contributed by atoms with van der Waals surface area (Å²) in [7, 11) is -3.36. The van der Waals surface area contributed by atoms with Crippen molar-refractivity contribution in [2.24, 2.45) is 0 Å². The van der Waals surface area contributed by atoms with Crippen molar-refractivity contribution in [2.45, 2.75) is 25.9 Å². The maximum absolute atomic E-state index is 13.1. The zero-order valence-corrected chi connectivity index (χ0v) is 20.1. The second-order valence-corrected chi connectivity index (χ2v) is 11.4. The minimum Gasteiger partial charge on any atom is -0.336 e. The number of hydrogen-bond donors (Lipinski definition) is 0. The fourth-order valence-corrected chi connectivity index (χ4v) is 6.73. The Balaban J connectivity index is 1.25. The van der Waals surface area contributed by atoms with E-state index in [4.69, 9.17) is 0 Å². The molecular formula is C22H25N5O4S2. The minimum absolute atomic E-state index is 0.0423. The molecule has 0 N–H and O–H groups in total. The van der Waals surface area contributed by atoms with Crippen LogP contribution >= 0.6 is 11.3 Å². The third-order valence-corrected chi connectivity index (χ3v) is 8.27. The van der Waals surface area contributed by atoms with Gasteiger partial charge in [-0.15, -0.1) is 11.3 Å². The summed E-state index contributed by atoms with van der Waals surface area (Å²) in [4.78, 5) is 34.6. The molecule has 1 amide bonds. The highest BCUT2D eigenvalue weighted by atomic mass is 32.2. The molecule has 1 aromatic carbocycles. The summed E-state index contributed by atoms with van der Waals surface area (Å²) in [6.07, 6.45) is 3.53. The van der Waals surface area contributed by atoms with Crippen LogP contribution in [0.4, 0.5) is 5.69 Å². The van der Waals surface area contributed by atoms with Crippen molar-refractivity contribution < 1.29 is 13.2 Å². The lowest BCUT2D eigenvalue weighted by Crippen LogP contribution is -2.48. The number of benzene rings is 1. The van der Waals surface area contributed by atoms with E-state index in [1.165, 1.54) is 26.3 Å². The molecule has 0 bridgehead atoms. The maximum atomic E-state index is 13.1. The molecule has 0 radical (unpaired) electrons. The van der Waals surface area contributed by atoms with E-state index in [0.717, 1.165) is 11.3 Å². The largest absolute Gasteiger partial charge is 0.336 e. The van der Waals surface area contributed by atoms with Crippen LogP contribution in [-0.2, 0) is 23.0 Å². The predicted octanol–water partition coefficient (Wildman–Crippen LogP) is 1.42. The molecule has 2 aliphatic heterocycles. The molecule has 0 saturated carbocycles. The molecule has 1 atom stereocenters. The third kappa shape index (κ3) is 4.16. The van der Waals surface area contributed by atoms with E-state index in [2.05, 4.69) is 9.88 Å². The van der Waals surface area contributed by atoms with Gasteiger partial charge in [-0.2, -0.15) is 0 Å². The zero-order valence-electron chi connectivity index (χ0n) is 18.5. The number of anilines is 1. The number of carbonyl (C=O) groups is 1. The van der Waals surface area contributed by atoms with Gasteiger partial charge < -0.3 is 4.90 Å². The number of amides is 1. The summed E-state index contributed by atoms with van der Waals surface area (Å²) in [5.41, 5.74) is 2.80. The molecule has 2 aliphatic rings. The van der Waals surface area contributed by atoms with E-state index in [1.807, 2.05) is 23.3 Å². The van der Waals surface area contributed by atoms with Crippen LogP contribution in [0.25, 0.3) is 4.96 Å². The zero-order chi connectivity index (χ0) is 23.3. The fourth-order valence-electron chi connectivity index (χ4n) is 4.73. The van der Waals surface area contributed by atoms with Gasteiger partial charge in [-0.1, -0.05) is 0 Å². The number of fused-ring (bicyclic) bond motifs is 2. The molecule has 1 unspecified atom stereocenters. The SMILES string of the molecule is CC1Cc2cc(C(=O)N3CCN(Cc4cc(=O)n5ccsc5n4)CC3)ccc2N1S(C)(=O)=O. The van der Waals surface area contributed by atoms with E-state index >= 15 is 0 Å². The van der Waals surface area contributed by atoms with Crippen LogP contribution in [0.5, 0.6) is 0 Å². The topological polar surface area (TPSA) is 95.3 Å². The van der Waals surface area contributed by atoms with Gasteiger partial charge in [-0.25, -0.2) is 13.4 Å². The van der Waals surface area contributed by atoms with Crippen molar-refractivity contribution in [1.82, 2.24) is 19.2 Å². The Hall–Kier alpha value is -2.76. The first-order valence-electron chi connectivity index (χ1n) is 10.8. The third-order valence-electron chi connectivity index (χ3n) is 6.24. The van der Waals surface area contributed by atoms with Gasteiger partial charge in [0.15, 0.2) is 4.96 Å². The minimum atomic E-state index is -3.36. The monoisotopic (exact) mass is 487 g/mol. The molecule has 5 rings (SSSR count). The summed E-state index contributed by atoms with van der Waals surface area (Å²) in [6.45, 7) is 5.01. The first-order chi connectivity index (χ1) is 15.7. The van der Waals surface area contributed by atoms with Crippen LogP contribution in [0, 0.1) is 0 Å². The Labute approximate surface area is 195 Å². The second-order valence-electron chi connectivity index (χ2n) is 8.67. The molecule has 0 spiro atoms. The molecule has 33 heavy (non-hydrogen) atoms. The number of hydrogen-bond acceptors (Lipinski definition) is 7. The van der Waals surface area contributed by atoms with E-state index in [0.29, 0.717) is 55.4 Å². The van der Waals surface area contributed by atoms with Crippen molar-refractivity contribution in [3.63, 3.8) is 0 Å². The summed E-state index contributed by atoms with van der Waals surface area (Å²) in [5.74, 6) is -0.0423. The average Bonchev–Trinajstić information content (AvgIpc) is 3.36. The number of sulfonamides is 1. The van der Waals surface area contributed by atoms with E-state index in [1.54, 1.807) is 24.4 Å². The van der Waals surface area contributed by atoms with Crippen LogP contribution in [-0.4, -0.2) is 72.0 Å². The van der Waals surface area contributed by atoms with Gasteiger partial charge >= 0.3 is 0 Å². The summed E-state index contributed by atoms with van der Waals surface area (Å²) < 4.78 is 27.2. The number of piperazine rings is 1. The van der Waals surface area contributed by atoms with Gasteiger partial charge in [0.1, 0.15) is 0 Å². The van der Waals surface area contributed by atoms with Crippen molar-refractivity contribution in [3.8, 4) is 0 Å². The molecule has 11 heteroatoms. The Morgan fingerprint density at radius 2 is 1.94 bits per heavy atom. The van der Waals surface area contributed by atoms with Gasteiger partial charge in [-0.05, 0) is 37.1 Å². The van der Waals surface area contributed by atoms with Gasteiger partial charge in [0, 0.05) is 62.0 Å². The van der Waals surface area contributed by atoms with Gasteiger partial charge in [-0.3, -0.25) is 23.2 Å². The van der Waals surface area contributed by atoms with E-state index in [9.17, 15) is 18.0 Å². The van der Waals surface area contributed by atoms with Crippen LogP contribution < -0.4 is 9.86 Å². The number of carbonyl (C=O) groups excluding carboxylic acids is 1. The molecule has 9 nitrogen and oxygen atoms in total. The number of aromatic nitrogens is 2. The highest BCUT2D eigenvalue weighted by Gasteiger charge is 2.33. The van der Waals surface area contributed by atoms with Crippen LogP contribution in [0.2, 0.25) is 0 Å². The first-order valence-corrected chi connectivity index (χ1v) is 13.5. The molecular weight excluding hydrogens is 462 g/mol. The lowest BCUT2D eigenvalue weighted by Gasteiger charge is -2.34. The van der Waals surface area contributed by atoms with Crippen molar-refractivity contribution in [3.05, 3.63) is 63.0 Å². The quantitative estimate of drug-likeness (QED) is 0.553. The van der Waals surface area contributed by atoms with Crippen molar-refractivity contribution in [2.75, 3.05) is 36.7 Å². The second kappa shape index (κ2) is 8.23. The highest BCUT2D eigenvalue weighted by molar-refractivity contribution is 7.92. The molecule has 4 heterocycles. The van der Waals surface area contributed by atoms with Crippen LogP contribution in [0.3, 0.4) is 0 Å². The highest BCUT2D eigenvalue weighted by Crippen LogP contribution is 2.35. The molecule has 1 saturated heterocycles. The van der Waals surface area contributed by atoms with Crippen LogP contribution in [0.1, 0.15) is 28.5 Å². The fraction of sp³-hybridized carbons (Fsp3) is 0.409. The molecule has 2 aromatic heterocycles. The Morgan fingerprint density at radius 3 is 2.67 bits per heavy atom. The van der Waals surface area contributed by atoms with E-state index in [-0.39, 0.29) is 17.5 Å². The van der Waals surface area contributed by atoms with Gasteiger partial charge in [0.2, 0.25) is 10.0 Å². The number of rotatable bonds is 4. The lowest BCUT2D eigenvalue weighted by molar-refractivity contribution is 0.0627. The summed E-state index contributed by atoms with van der Waals surface area (Å²) in [5, 5.41) is 1.84. The molecule has 0 aliphatic carbocycles.